The first kappa shape index (κ1) is 25.9. The van der Waals surface area contributed by atoms with Gasteiger partial charge < -0.3 is 19.5 Å². The Morgan fingerprint density at radius 2 is 1.76 bits per heavy atom. The predicted octanol–water partition coefficient (Wildman–Crippen LogP) is 5.62. The molecule has 1 aliphatic heterocycles. The van der Waals surface area contributed by atoms with Gasteiger partial charge in [-0.05, 0) is 54.7 Å². The molecule has 0 bridgehead atoms. The highest BCUT2D eigenvalue weighted by Gasteiger charge is 2.46. The van der Waals surface area contributed by atoms with Gasteiger partial charge in [0.1, 0.15) is 17.3 Å². The summed E-state index contributed by atoms with van der Waals surface area (Å²) in [5, 5.41) is 11.5. The maximum absolute atomic E-state index is 13.4. The second-order valence-corrected chi connectivity index (χ2v) is 9.13. The maximum atomic E-state index is 13.4. The molecular weight excluding hydrogens is 468 g/mol. The molecule has 1 fully saturated rings. The Morgan fingerprint density at radius 1 is 1.03 bits per heavy atom. The molecule has 4 rings (SSSR count). The van der Waals surface area contributed by atoms with Crippen LogP contribution in [0.4, 0.5) is 0 Å². The first-order chi connectivity index (χ1) is 17.8. The summed E-state index contributed by atoms with van der Waals surface area (Å²) in [6.45, 7) is 8.92. The molecule has 37 heavy (non-hydrogen) atoms. The first-order valence-electron chi connectivity index (χ1n) is 12.5. The SMILES string of the molecule is CCOc1ccc(/C(O)=C2/C(=O)C(=O)N(Cc3cccnc3)C2c2ccc(C(C)C)cc2)c(OCC)c1. The van der Waals surface area contributed by atoms with Crippen molar-refractivity contribution >= 4 is 17.4 Å². The molecule has 1 aliphatic rings. The molecule has 2 heterocycles. The number of aliphatic hydroxyl groups excluding tert-OH is 1. The molecule has 1 saturated heterocycles. The Hall–Kier alpha value is -4.13. The van der Waals surface area contributed by atoms with E-state index in [0.717, 1.165) is 16.7 Å². The van der Waals surface area contributed by atoms with E-state index in [1.165, 1.54) is 4.90 Å². The molecule has 192 valence electrons. The van der Waals surface area contributed by atoms with Crippen LogP contribution >= 0.6 is 0 Å². The van der Waals surface area contributed by atoms with Gasteiger partial charge in [-0.25, -0.2) is 0 Å². The Kier molecular flexibility index (Phi) is 7.92. The number of benzene rings is 2. The van der Waals surface area contributed by atoms with E-state index in [-0.39, 0.29) is 17.9 Å². The molecule has 1 atom stereocenters. The number of amides is 1. The second kappa shape index (κ2) is 11.3. The van der Waals surface area contributed by atoms with Gasteiger partial charge in [0.25, 0.3) is 11.7 Å². The monoisotopic (exact) mass is 500 g/mol. The molecule has 1 N–H and O–H groups in total. The number of rotatable bonds is 9. The number of nitrogens with zero attached hydrogens (tertiary/aromatic N) is 2. The normalized spacial score (nSPS) is 16.9. The summed E-state index contributed by atoms with van der Waals surface area (Å²) in [5.74, 6) is -0.411. The molecular formula is C30H32N2O5. The maximum Gasteiger partial charge on any atom is 0.295 e. The van der Waals surface area contributed by atoms with Gasteiger partial charge in [0.15, 0.2) is 0 Å². The molecule has 1 unspecified atom stereocenters. The summed E-state index contributed by atoms with van der Waals surface area (Å²) in [7, 11) is 0. The van der Waals surface area contributed by atoms with Gasteiger partial charge in [-0.15, -0.1) is 0 Å². The highest BCUT2D eigenvalue weighted by Crippen LogP contribution is 2.42. The molecule has 7 nitrogen and oxygen atoms in total. The van der Waals surface area contributed by atoms with E-state index in [2.05, 4.69) is 18.8 Å². The first-order valence-corrected chi connectivity index (χ1v) is 12.5. The lowest BCUT2D eigenvalue weighted by atomic mass is 9.93. The molecule has 0 spiro atoms. The van der Waals surface area contributed by atoms with E-state index >= 15 is 0 Å². The van der Waals surface area contributed by atoms with Crippen LogP contribution in [-0.4, -0.2) is 39.9 Å². The number of pyridine rings is 1. The molecule has 7 heteroatoms. The number of carbonyl (C=O) groups is 2. The lowest BCUT2D eigenvalue weighted by Gasteiger charge is -2.26. The number of hydrogen-bond acceptors (Lipinski definition) is 6. The van der Waals surface area contributed by atoms with E-state index in [9.17, 15) is 14.7 Å². The standard InChI is InChI=1S/C30H32N2O5/c1-5-36-23-13-14-24(25(16-23)37-6-2)28(33)26-27(22-11-9-21(10-12-22)19(3)4)32(30(35)29(26)34)18-20-8-7-15-31-17-20/h7-17,19,27,33H,5-6,18H2,1-4H3/b28-26-. The predicted molar refractivity (Wildman–Crippen MR) is 141 cm³/mol. The second-order valence-electron chi connectivity index (χ2n) is 9.13. The van der Waals surface area contributed by atoms with E-state index in [1.54, 1.807) is 36.7 Å². The number of Topliss-reactive ketones (excluding diaryl/α,β-unsaturated/α-hetero) is 1. The van der Waals surface area contributed by atoms with Crippen LogP contribution in [-0.2, 0) is 16.1 Å². The van der Waals surface area contributed by atoms with Crippen molar-refractivity contribution in [2.24, 2.45) is 0 Å². The fourth-order valence-corrected chi connectivity index (χ4v) is 4.52. The van der Waals surface area contributed by atoms with Gasteiger partial charge in [-0.3, -0.25) is 14.6 Å². The van der Waals surface area contributed by atoms with Crippen molar-refractivity contribution in [1.82, 2.24) is 9.88 Å². The highest BCUT2D eigenvalue weighted by molar-refractivity contribution is 6.46. The highest BCUT2D eigenvalue weighted by atomic mass is 16.5. The number of ketones is 1. The van der Waals surface area contributed by atoms with Crippen LogP contribution in [0.15, 0.2) is 72.6 Å². The molecule has 1 aromatic heterocycles. The van der Waals surface area contributed by atoms with Gasteiger partial charge in [-0.2, -0.15) is 0 Å². The van der Waals surface area contributed by atoms with Crippen LogP contribution in [0.5, 0.6) is 11.5 Å². The Bertz CT molecular complexity index is 1300. The Labute approximate surface area is 217 Å². The molecule has 0 saturated carbocycles. The molecule has 3 aromatic rings. The summed E-state index contributed by atoms with van der Waals surface area (Å²) in [6.07, 6.45) is 3.32. The average molecular weight is 501 g/mol. The number of ether oxygens (including phenoxy) is 2. The largest absolute Gasteiger partial charge is 0.507 e. The van der Waals surface area contributed by atoms with E-state index in [1.807, 2.05) is 44.2 Å². The third-order valence-electron chi connectivity index (χ3n) is 6.35. The summed E-state index contributed by atoms with van der Waals surface area (Å²) in [6, 6.07) is 15.7. The summed E-state index contributed by atoms with van der Waals surface area (Å²) < 4.78 is 11.4. The smallest absolute Gasteiger partial charge is 0.295 e. The van der Waals surface area contributed by atoms with Crippen LogP contribution in [0.3, 0.4) is 0 Å². The van der Waals surface area contributed by atoms with E-state index in [4.69, 9.17) is 9.47 Å². The van der Waals surface area contributed by atoms with E-state index in [0.29, 0.717) is 36.2 Å². The van der Waals surface area contributed by atoms with Crippen LogP contribution in [0.2, 0.25) is 0 Å². The number of hydrogen-bond donors (Lipinski definition) is 1. The zero-order chi connectivity index (χ0) is 26.5. The lowest BCUT2D eigenvalue weighted by Crippen LogP contribution is -2.29. The van der Waals surface area contributed by atoms with Gasteiger partial charge in [0.05, 0.1) is 30.4 Å². The summed E-state index contributed by atoms with van der Waals surface area (Å²) in [4.78, 5) is 32.4. The van der Waals surface area contributed by atoms with Crippen molar-refractivity contribution in [2.45, 2.75) is 46.2 Å². The average Bonchev–Trinajstić information content (AvgIpc) is 3.14. The van der Waals surface area contributed by atoms with Crippen LogP contribution in [0, 0.1) is 0 Å². The number of aliphatic hydroxyl groups is 1. The molecule has 0 aliphatic carbocycles. The lowest BCUT2D eigenvalue weighted by molar-refractivity contribution is -0.140. The fourth-order valence-electron chi connectivity index (χ4n) is 4.52. The summed E-state index contributed by atoms with van der Waals surface area (Å²) in [5.41, 5.74) is 3.00. The molecule has 1 amide bonds. The molecule has 0 radical (unpaired) electrons. The van der Waals surface area contributed by atoms with Crippen molar-refractivity contribution in [3.63, 3.8) is 0 Å². The van der Waals surface area contributed by atoms with Crippen LogP contribution in [0.25, 0.3) is 5.76 Å². The van der Waals surface area contributed by atoms with Crippen molar-refractivity contribution in [3.05, 3.63) is 94.8 Å². The van der Waals surface area contributed by atoms with Gasteiger partial charge >= 0.3 is 0 Å². The summed E-state index contributed by atoms with van der Waals surface area (Å²) >= 11 is 0. The van der Waals surface area contributed by atoms with E-state index < -0.39 is 17.7 Å². The van der Waals surface area contributed by atoms with Gasteiger partial charge in [0, 0.05) is 25.0 Å². The minimum Gasteiger partial charge on any atom is -0.507 e. The quantitative estimate of drug-likeness (QED) is 0.233. The van der Waals surface area contributed by atoms with Crippen LogP contribution in [0.1, 0.15) is 61.9 Å². The molecule has 2 aromatic carbocycles. The minimum atomic E-state index is -0.775. The van der Waals surface area contributed by atoms with Crippen molar-refractivity contribution in [3.8, 4) is 11.5 Å². The third kappa shape index (κ3) is 5.35. The zero-order valence-corrected chi connectivity index (χ0v) is 21.6. The fraction of sp³-hybridized carbons (Fsp3) is 0.300. The van der Waals surface area contributed by atoms with Crippen molar-refractivity contribution < 1.29 is 24.2 Å². The number of carbonyl (C=O) groups excluding carboxylic acids is 2. The Balaban J connectivity index is 1.87. The zero-order valence-electron chi connectivity index (χ0n) is 21.6. The van der Waals surface area contributed by atoms with Gasteiger partial charge in [-0.1, -0.05) is 44.2 Å². The van der Waals surface area contributed by atoms with Crippen molar-refractivity contribution in [2.75, 3.05) is 13.2 Å². The topological polar surface area (TPSA) is 89.0 Å². The third-order valence-corrected chi connectivity index (χ3v) is 6.35. The van der Waals surface area contributed by atoms with Gasteiger partial charge in [0.2, 0.25) is 0 Å². The number of likely N-dealkylation sites (tertiary alicyclic amines) is 1. The van der Waals surface area contributed by atoms with Crippen molar-refractivity contribution in [1.29, 1.82) is 0 Å². The van der Waals surface area contributed by atoms with Crippen LogP contribution < -0.4 is 9.47 Å². The minimum absolute atomic E-state index is 0.0244. The number of aromatic nitrogens is 1. The Morgan fingerprint density at radius 3 is 2.38 bits per heavy atom.